The minimum absolute atomic E-state index is 0.00490. The number of fused-ring (bicyclic) bond motifs is 1. The van der Waals surface area contributed by atoms with E-state index >= 15 is 0 Å². The third-order valence-corrected chi connectivity index (χ3v) is 7.98. The molecule has 0 spiro atoms. The van der Waals surface area contributed by atoms with Gasteiger partial charge in [-0.1, -0.05) is 13.0 Å². The first kappa shape index (κ1) is 31.3. The number of amides is 2. The van der Waals surface area contributed by atoms with Crippen LogP contribution in [0, 0.1) is 17.5 Å². The molecule has 2 aromatic carbocycles. The van der Waals surface area contributed by atoms with Crippen LogP contribution in [0.15, 0.2) is 30.3 Å². The fraction of sp³-hybridized carbons (Fsp3) is 0.500. The first-order valence-electron chi connectivity index (χ1n) is 13.4. The number of carbonyl (C=O) groups excluding carboxylic acids is 2. The van der Waals surface area contributed by atoms with Crippen LogP contribution in [0.3, 0.4) is 0 Å². The zero-order chi connectivity index (χ0) is 30.8. The van der Waals surface area contributed by atoms with E-state index in [-0.39, 0.29) is 23.1 Å². The maximum atomic E-state index is 14.7. The summed E-state index contributed by atoms with van der Waals surface area (Å²) < 4.78 is 92.5. The Kier molecular flexibility index (Phi) is 9.14. The average Bonchev–Trinajstić information content (AvgIpc) is 3.41. The van der Waals surface area contributed by atoms with E-state index in [0.717, 1.165) is 12.0 Å². The van der Waals surface area contributed by atoms with Crippen LogP contribution in [0.1, 0.15) is 44.6 Å². The van der Waals surface area contributed by atoms with Crippen LogP contribution in [-0.4, -0.2) is 62.5 Å². The number of ether oxygens (including phenoxy) is 2. The summed E-state index contributed by atoms with van der Waals surface area (Å²) in [5.74, 6) is -7.37. The molecule has 3 atom stereocenters. The molecule has 2 aromatic rings. The predicted octanol–water partition coefficient (Wildman–Crippen LogP) is 5.63. The predicted molar refractivity (Wildman–Crippen MR) is 139 cm³/mol. The lowest BCUT2D eigenvalue weighted by Crippen LogP contribution is -2.56. The minimum atomic E-state index is -5.55. The number of benzene rings is 2. The number of alkyl halides is 3. The second-order valence-electron chi connectivity index (χ2n) is 10.3. The van der Waals surface area contributed by atoms with E-state index in [0.29, 0.717) is 55.9 Å². The van der Waals surface area contributed by atoms with Gasteiger partial charge in [0.2, 0.25) is 0 Å². The largest absolute Gasteiger partial charge is 0.493 e. The summed E-state index contributed by atoms with van der Waals surface area (Å²) in [7, 11) is 3.06. The van der Waals surface area contributed by atoms with Crippen LogP contribution in [0.4, 0.5) is 36.8 Å². The molecule has 1 saturated carbocycles. The molecule has 2 amide bonds. The number of hydrogen-bond acceptors (Lipinski definition) is 6. The number of methoxy groups -OCH3 is 2. The van der Waals surface area contributed by atoms with Gasteiger partial charge in [-0.05, 0) is 68.5 Å². The van der Waals surface area contributed by atoms with Gasteiger partial charge in [-0.2, -0.15) is 13.2 Å². The summed E-state index contributed by atoms with van der Waals surface area (Å²) >= 11 is 0. The number of urea groups is 1. The number of carbonyl (C=O) groups is 2. The lowest BCUT2D eigenvalue weighted by atomic mass is 9.65. The van der Waals surface area contributed by atoms with Gasteiger partial charge in [0.15, 0.2) is 29.0 Å². The molecule has 1 heterocycles. The van der Waals surface area contributed by atoms with E-state index in [1.54, 1.807) is 13.0 Å². The molecule has 1 saturated heterocycles. The third kappa shape index (κ3) is 5.81. The quantitative estimate of drug-likeness (QED) is 0.251. The van der Waals surface area contributed by atoms with Crippen molar-refractivity contribution in [2.24, 2.45) is 0 Å². The Balaban J connectivity index is 1.66. The zero-order valence-electron chi connectivity index (χ0n) is 23.2. The van der Waals surface area contributed by atoms with Gasteiger partial charge in [0.1, 0.15) is 5.69 Å². The smallest absolute Gasteiger partial charge is 0.493 e. The fourth-order valence-corrected chi connectivity index (χ4v) is 5.97. The molecule has 1 aliphatic carbocycles. The molecule has 1 N–H and O–H groups in total. The number of hydrogen-bond donors (Lipinski definition) is 1. The van der Waals surface area contributed by atoms with E-state index in [1.165, 1.54) is 19.1 Å². The van der Waals surface area contributed by atoms with Gasteiger partial charge < -0.3 is 24.5 Å². The van der Waals surface area contributed by atoms with Crippen molar-refractivity contribution >= 4 is 17.7 Å². The summed E-state index contributed by atoms with van der Waals surface area (Å²) in [6.45, 7) is 2.39. The molecule has 1 aliphatic heterocycles. The van der Waals surface area contributed by atoms with Gasteiger partial charge in [0.05, 0.1) is 14.2 Å². The average molecular weight is 604 g/mol. The molecule has 14 heteroatoms. The van der Waals surface area contributed by atoms with E-state index in [2.05, 4.69) is 10.2 Å². The van der Waals surface area contributed by atoms with Crippen molar-refractivity contribution in [3.63, 3.8) is 0 Å². The van der Waals surface area contributed by atoms with Gasteiger partial charge in [-0.3, -0.25) is 0 Å². The van der Waals surface area contributed by atoms with Crippen molar-refractivity contribution in [2.45, 2.75) is 62.7 Å². The van der Waals surface area contributed by atoms with Crippen LogP contribution in [0.2, 0.25) is 0 Å². The molecule has 0 aromatic heterocycles. The third-order valence-electron chi connectivity index (χ3n) is 7.98. The molecular formula is C28H31F6N3O5. The Morgan fingerprint density at radius 2 is 1.74 bits per heavy atom. The summed E-state index contributed by atoms with van der Waals surface area (Å²) in [6, 6.07) is 4.55. The second-order valence-corrected chi connectivity index (χ2v) is 10.3. The van der Waals surface area contributed by atoms with Crippen LogP contribution in [0.5, 0.6) is 11.5 Å². The summed E-state index contributed by atoms with van der Waals surface area (Å²) in [5.41, 5.74) is -0.523. The van der Waals surface area contributed by atoms with Crippen molar-refractivity contribution in [3.8, 4) is 11.5 Å². The van der Waals surface area contributed by atoms with E-state index < -0.39 is 47.4 Å². The van der Waals surface area contributed by atoms with Crippen molar-refractivity contribution in [1.82, 2.24) is 10.2 Å². The van der Waals surface area contributed by atoms with Crippen LogP contribution < -0.4 is 19.9 Å². The van der Waals surface area contributed by atoms with Crippen LogP contribution in [-0.2, 0) is 15.0 Å². The highest BCUT2D eigenvalue weighted by molar-refractivity contribution is 5.93. The monoisotopic (exact) mass is 603 g/mol. The number of nitrogens with one attached hydrogen (secondary N) is 1. The van der Waals surface area contributed by atoms with Crippen molar-refractivity contribution < 1.29 is 50.2 Å². The van der Waals surface area contributed by atoms with E-state index in [4.69, 9.17) is 9.47 Å². The first-order chi connectivity index (χ1) is 19.9. The standard InChI is InChI=1S/C28H31F6N3O5/c1-4-13-36(26(39)37(42-25(38)28(32,33)34)19-7-6-18(29)23(30)24(19)31)17-9-10-27(11-12-35-22(27)15-17)16-5-8-20(40-2)21(14-16)41-3/h5-8,14,17,22,35H,4,9-13,15H2,1-3H3/t17-,22+,27-/m0/s1. The molecule has 8 nitrogen and oxygen atoms in total. The van der Waals surface area contributed by atoms with Crippen molar-refractivity contribution in [2.75, 3.05) is 32.4 Å². The topological polar surface area (TPSA) is 80.3 Å². The summed E-state index contributed by atoms with van der Waals surface area (Å²) in [6.07, 6.45) is -3.10. The van der Waals surface area contributed by atoms with Gasteiger partial charge in [0, 0.05) is 24.0 Å². The van der Waals surface area contributed by atoms with Crippen LogP contribution >= 0.6 is 0 Å². The number of rotatable bonds is 7. The number of halogens is 6. The van der Waals surface area contributed by atoms with Gasteiger partial charge in [0.25, 0.3) is 0 Å². The number of hydroxylamine groups is 1. The Morgan fingerprint density at radius 1 is 1.02 bits per heavy atom. The normalized spacial score (nSPS) is 21.8. The summed E-state index contributed by atoms with van der Waals surface area (Å²) in [4.78, 5) is 30.9. The number of nitrogens with zero attached hydrogens (tertiary/aromatic N) is 2. The maximum Gasteiger partial charge on any atom is 0.493 e. The highest BCUT2D eigenvalue weighted by Gasteiger charge is 2.50. The lowest BCUT2D eigenvalue weighted by Gasteiger charge is -2.46. The minimum Gasteiger partial charge on any atom is -0.493 e. The molecule has 4 rings (SSSR count). The Morgan fingerprint density at radius 3 is 2.38 bits per heavy atom. The highest BCUT2D eigenvalue weighted by Crippen LogP contribution is 2.48. The first-order valence-corrected chi connectivity index (χ1v) is 13.4. The summed E-state index contributed by atoms with van der Waals surface area (Å²) in [5, 5.41) is 3.21. The van der Waals surface area contributed by atoms with Gasteiger partial charge in [-0.25, -0.2) is 22.8 Å². The molecule has 2 aliphatic rings. The van der Waals surface area contributed by atoms with Gasteiger partial charge in [-0.15, -0.1) is 5.06 Å². The fourth-order valence-electron chi connectivity index (χ4n) is 5.97. The molecule has 0 unspecified atom stereocenters. The molecule has 2 fully saturated rings. The van der Waals surface area contributed by atoms with Gasteiger partial charge >= 0.3 is 18.2 Å². The molecule has 0 radical (unpaired) electrons. The maximum absolute atomic E-state index is 14.7. The number of anilines is 1. The van der Waals surface area contributed by atoms with Crippen molar-refractivity contribution in [1.29, 1.82) is 0 Å². The molecule has 230 valence electrons. The van der Waals surface area contributed by atoms with E-state index in [1.807, 2.05) is 12.1 Å². The Hall–Kier alpha value is -3.68. The Bertz CT molecular complexity index is 1330. The Labute approximate surface area is 238 Å². The molecule has 42 heavy (non-hydrogen) atoms. The molecular weight excluding hydrogens is 572 g/mol. The van der Waals surface area contributed by atoms with Crippen molar-refractivity contribution in [3.05, 3.63) is 53.3 Å². The highest BCUT2D eigenvalue weighted by atomic mass is 19.4. The van der Waals surface area contributed by atoms with Crippen LogP contribution in [0.25, 0.3) is 0 Å². The lowest BCUT2D eigenvalue weighted by molar-refractivity contribution is -0.200. The molecule has 0 bridgehead atoms. The zero-order valence-corrected chi connectivity index (χ0v) is 23.2. The SMILES string of the molecule is CCCN(C(=O)N(OC(=O)C(F)(F)F)c1ccc(F)c(F)c1F)[C@H]1CC[C@@]2(c3ccc(OC)c(OC)c3)CCN[C@@H]2C1. The van der Waals surface area contributed by atoms with E-state index in [9.17, 15) is 35.9 Å². The second kappa shape index (κ2) is 12.3.